The third-order valence-corrected chi connectivity index (χ3v) is 4.71. The predicted molar refractivity (Wildman–Crippen MR) is 90.0 cm³/mol. The first-order valence-electron chi connectivity index (χ1n) is 7.63. The van der Waals surface area contributed by atoms with Crippen LogP contribution < -0.4 is 5.73 Å². The number of nitrogens with zero attached hydrogens (tertiary/aromatic N) is 1. The molecule has 4 N–H and O–H groups in total. The summed E-state index contributed by atoms with van der Waals surface area (Å²) in [6, 6.07) is 8.90. The molecule has 2 amide bonds. The summed E-state index contributed by atoms with van der Waals surface area (Å²) in [6.07, 6.45) is 1.42. The minimum absolute atomic E-state index is 0.00562. The number of benzene rings is 1. The van der Waals surface area contributed by atoms with Crippen LogP contribution in [0.2, 0.25) is 5.02 Å². The highest BCUT2D eigenvalue weighted by Gasteiger charge is 2.36. The first-order chi connectivity index (χ1) is 11.5. The first-order valence-corrected chi connectivity index (χ1v) is 8.01. The molecule has 3 rings (SSSR count). The molecule has 126 valence electrons. The number of aromatic nitrogens is 1. The number of amides is 2. The van der Waals surface area contributed by atoms with Crippen LogP contribution in [0.1, 0.15) is 32.3 Å². The third-order valence-electron chi connectivity index (χ3n) is 4.46. The molecule has 2 atom stereocenters. The van der Waals surface area contributed by atoms with Crippen LogP contribution in [0.4, 0.5) is 0 Å². The number of halogens is 1. The number of hydrogen-bond acceptors (Lipinski definition) is 3. The molecule has 1 aromatic carbocycles. The van der Waals surface area contributed by atoms with E-state index < -0.39 is 5.91 Å². The van der Waals surface area contributed by atoms with Crippen molar-refractivity contribution in [2.24, 2.45) is 11.7 Å². The predicted octanol–water partition coefficient (Wildman–Crippen LogP) is 1.62. The van der Waals surface area contributed by atoms with Gasteiger partial charge in [-0.15, -0.1) is 0 Å². The fraction of sp³-hybridized carbons (Fsp3) is 0.294. The number of likely N-dealkylation sites (tertiary alicyclic amines) is 1. The van der Waals surface area contributed by atoms with Crippen molar-refractivity contribution in [2.45, 2.75) is 5.92 Å². The Bertz CT molecular complexity index is 757. The number of H-pyrrole nitrogens is 1. The van der Waals surface area contributed by atoms with E-state index >= 15 is 0 Å². The fourth-order valence-electron chi connectivity index (χ4n) is 3.14. The van der Waals surface area contributed by atoms with E-state index in [1.54, 1.807) is 17.0 Å². The molecule has 1 aliphatic rings. The average Bonchev–Trinajstić information content (AvgIpc) is 3.22. The lowest BCUT2D eigenvalue weighted by Crippen LogP contribution is -2.29. The first kappa shape index (κ1) is 16.5. The van der Waals surface area contributed by atoms with Crippen LogP contribution in [-0.2, 0) is 0 Å². The maximum absolute atomic E-state index is 12.6. The van der Waals surface area contributed by atoms with Crippen LogP contribution in [0.5, 0.6) is 0 Å². The van der Waals surface area contributed by atoms with E-state index in [2.05, 4.69) is 4.98 Å². The molecule has 0 bridgehead atoms. The van der Waals surface area contributed by atoms with Crippen LogP contribution >= 0.6 is 11.6 Å². The van der Waals surface area contributed by atoms with E-state index in [1.807, 2.05) is 12.1 Å². The van der Waals surface area contributed by atoms with E-state index in [1.165, 1.54) is 12.3 Å². The number of aromatic amines is 1. The maximum atomic E-state index is 12.6. The normalized spacial score (nSPS) is 20.3. The highest BCUT2D eigenvalue weighted by Crippen LogP contribution is 2.33. The number of aliphatic hydroxyl groups is 1. The standard InChI is InChI=1S/C17H18ClN3O3/c18-13-3-1-10(2-4-13)14-8-21(7-12(14)9-22)17(24)15-5-11(6-20-15)16(19)23/h1-6,12,14,20,22H,7-9H2,(H2,19,23)/t12-,14-/m0/s1. The quantitative estimate of drug-likeness (QED) is 0.783. The summed E-state index contributed by atoms with van der Waals surface area (Å²) in [4.78, 5) is 28.2. The second kappa shape index (κ2) is 6.67. The van der Waals surface area contributed by atoms with Gasteiger partial charge in [-0.05, 0) is 23.8 Å². The molecule has 0 saturated carbocycles. The van der Waals surface area contributed by atoms with E-state index in [-0.39, 0.29) is 29.9 Å². The molecule has 0 spiro atoms. The summed E-state index contributed by atoms with van der Waals surface area (Å²) in [5.41, 5.74) is 6.83. The fourth-order valence-corrected chi connectivity index (χ4v) is 3.27. The van der Waals surface area contributed by atoms with Gasteiger partial charge in [0.05, 0.1) is 5.56 Å². The number of rotatable bonds is 4. The molecule has 2 heterocycles. The summed E-state index contributed by atoms with van der Waals surface area (Å²) in [6.45, 7) is 0.943. The van der Waals surface area contributed by atoms with Gasteiger partial charge in [-0.2, -0.15) is 0 Å². The molecule has 1 fully saturated rings. The maximum Gasteiger partial charge on any atom is 0.270 e. The van der Waals surface area contributed by atoms with Crippen molar-refractivity contribution in [3.05, 3.63) is 58.4 Å². The Morgan fingerprint density at radius 2 is 2.00 bits per heavy atom. The molecule has 0 aliphatic carbocycles. The van der Waals surface area contributed by atoms with Gasteiger partial charge in [0, 0.05) is 42.8 Å². The van der Waals surface area contributed by atoms with Gasteiger partial charge in [0.25, 0.3) is 5.91 Å². The summed E-state index contributed by atoms with van der Waals surface area (Å²) >= 11 is 5.92. The van der Waals surface area contributed by atoms with E-state index in [4.69, 9.17) is 17.3 Å². The Labute approximate surface area is 144 Å². The van der Waals surface area contributed by atoms with Crippen LogP contribution in [0.15, 0.2) is 36.5 Å². The lowest BCUT2D eigenvalue weighted by Gasteiger charge is -2.16. The van der Waals surface area contributed by atoms with Gasteiger partial charge in [-0.25, -0.2) is 0 Å². The van der Waals surface area contributed by atoms with Crippen molar-refractivity contribution in [1.29, 1.82) is 0 Å². The molecule has 0 radical (unpaired) electrons. The summed E-state index contributed by atoms with van der Waals surface area (Å²) in [5.74, 6) is -0.793. The van der Waals surface area contributed by atoms with Crippen molar-refractivity contribution in [3.8, 4) is 0 Å². The molecule has 1 saturated heterocycles. The number of carbonyl (C=O) groups is 2. The smallest absolute Gasteiger partial charge is 0.270 e. The number of hydrogen-bond donors (Lipinski definition) is 3. The molecule has 24 heavy (non-hydrogen) atoms. The molecule has 1 aromatic heterocycles. The molecule has 7 heteroatoms. The van der Waals surface area contributed by atoms with E-state index in [0.717, 1.165) is 5.56 Å². The lowest BCUT2D eigenvalue weighted by atomic mass is 9.90. The Morgan fingerprint density at radius 1 is 1.29 bits per heavy atom. The highest BCUT2D eigenvalue weighted by atomic mass is 35.5. The molecule has 1 aliphatic heterocycles. The molecular weight excluding hydrogens is 330 g/mol. The number of aliphatic hydroxyl groups excluding tert-OH is 1. The molecule has 6 nitrogen and oxygen atoms in total. The van der Waals surface area contributed by atoms with Crippen molar-refractivity contribution in [1.82, 2.24) is 9.88 Å². The third kappa shape index (κ3) is 3.16. The van der Waals surface area contributed by atoms with Crippen LogP contribution in [0.25, 0.3) is 0 Å². The van der Waals surface area contributed by atoms with Crippen LogP contribution in [-0.4, -0.2) is 46.5 Å². The second-order valence-corrected chi connectivity index (χ2v) is 6.41. The zero-order valence-corrected chi connectivity index (χ0v) is 13.7. The number of primary amides is 1. The topological polar surface area (TPSA) is 99.4 Å². The molecule has 2 aromatic rings. The number of nitrogens with one attached hydrogen (secondary N) is 1. The van der Waals surface area contributed by atoms with Gasteiger partial charge in [0.1, 0.15) is 5.69 Å². The SMILES string of the molecule is NC(=O)c1c[nH]c(C(=O)N2C[C@@H](CO)[C@H](c3ccc(Cl)cc3)C2)c1. The van der Waals surface area contributed by atoms with Gasteiger partial charge in [-0.3, -0.25) is 9.59 Å². The second-order valence-electron chi connectivity index (χ2n) is 5.98. The van der Waals surface area contributed by atoms with Crippen molar-refractivity contribution in [2.75, 3.05) is 19.7 Å². The van der Waals surface area contributed by atoms with Gasteiger partial charge < -0.3 is 20.7 Å². The van der Waals surface area contributed by atoms with Crippen LogP contribution in [0.3, 0.4) is 0 Å². The van der Waals surface area contributed by atoms with Gasteiger partial charge >= 0.3 is 0 Å². The zero-order valence-electron chi connectivity index (χ0n) is 12.9. The monoisotopic (exact) mass is 347 g/mol. The van der Waals surface area contributed by atoms with Gasteiger partial charge in [0.15, 0.2) is 0 Å². The van der Waals surface area contributed by atoms with Gasteiger partial charge in [-0.1, -0.05) is 23.7 Å². The van der Waals surface area contributed by atoms with Gasteiger partial charge in [0.2, 0.25) is 5.91 Å². The van der Waals surface area contributed by atoms with Crippen molar-refractivity contribution >= 4 is 23.4 Å². The Hall–Kier alpha value is -2.31. The minimum atomic E-state index is -0.584. The Morgan fingerprint density at radius 3 is 2.58 bits per heavy atom. The summed E-state index contributed by atoms with van der Waals surface area (Å²) in [5, 5.41) is 10.3. The minimum Gasteiger partial charge on any atom is -0.396 e. The lowest BCUT2D eigenvalue weighted by molar-refractivity contribution is 0.0776. The number of carbonyl (C=O) groups excluding carboxylic acids is 2. The largest absolute Gasteiger partial charge is 0.396 e. The van der Waals surface area contributed by atoms with E-state index in [0.29, 0.717) is 23.8 Å². The number of nitrogens with two attached hydrogens (primary N) is 1. The van der Waals surface area contributed by atoms with E-state index in [9.17, 15) is 14.7 Å². The Kier molecular flexibility index (Phi) is 4.59. The molecule has 0 unspecified atom stereocenters. The van der Waals surface area contributed by atoms with Crippen molar-refractivity contribution in [3.63, 3.8) is 0 Å². The summed E-state index contributed by atoms with van der Waals surface area (Å²) < 4.78 is 0. The average molecular weight is 348 g/mol. The Balaban J connectivity index is 1.78. The van der Waals surface area contributed by atoms with Crippen LogP contribution in [0, 0.1) is 5.92 Å². The summed E-state index contributed by atoms with van der Waals surface area (Å²) in [7, 11) is 0. The van der Waals surface area contributed by atoms with Crippen molar-refractivity contribution < 1.29 is 14.7 Å². The highest BCUT2D eigenvalue weighted by molar-refractivity contribution is 6.30. The zero-order chi connectivity index (χ0) is 17.3. The molecular formula is C17H18ClN3O3.